The summed E-state index contributed by atoms with van der Waals surface area (Å²) in [5.41, 5.74) is 2.24. The van der Waals surface area contributed by atoms with Crippen molar-refractivity contribution in [3.63, 3.8) is 0 Å². The van der Waals surface area contributed by atoms with E-state index in [0.717, 1.165) is 5.56 Å². The van der Waals surface area contributed by atoms with E-state index in [2.05, 4.69) is 5.10 Å². The van der Waals surface area contributed by atoms with Crippen LogP contribution >= 0.6 is 11.6 Å². The fraction of sp³-hybridized carbons (Fsp3) is 0.150. The highest BCUT2D eigenvalue weighted by molar-refractivity contribution is 6.30. The van der Waals surface area contributed by atoms with Gasteiger partial charge in [-0.05, 0) is 42.8 Å². The highest BCUT2D eigenvalue weighted by atomic mass is 35.5. The minimum absolute atomic E-state index is 0.00522. The lowest BCUT2D eigenvalue weighted by molar-refractivity contribution is 0.0517. The normalized spacial score (nSPS) is 10.5. The fourth-order valence-corrected chi connectivity index (χ4v) is 2.67. The molecule has 132 valence electrons. The second kappa shape index (κ2) is 7.97. The predicted octanol–water partition coefficient (Wildman–Crippen LogP) is 4.26. The number of benzene rings is 2. The number of ether oxygens (including phenoxy) is 1. The Kier molecular flexibility index (Phi) is 5.49. The Bertz CT molecular complexity index is 918. The van der Waals surface area contributed by atoms with Gasteiger partial charge in [0.25, 0.3) is 0 Å². The topological polar surface area (TPSA) is 61.2 Å². The summed E-state index contributed by atoms with van der Waals surface area (Å²) in [6.07, 6.45) is 0. The van der Waals surface area contributed by atoms with Gasteiger partial charge in [-0.2, -0.15) is 5.10 Å². The predicted molar refractivity (Wildman–Crippen MR) is 99.4 cm³/mol. The summed E-state index contributed by atoms with van der Waals surface area (Å²) in [6.45, 7) is 2.00. The zero-order valence-corrected chi connectivity index (χ0v) is 14.9. The Morgan fingerprint density at radius 1 is 1.08 bits per heavy atom. The molecule has 1 aromatic heterocycles. The van der Waals surface area contributed by atoms with E-state index >= 15 is 0 Å². The van der Waals surface area contributed by atoms with Crippen LogP contribution in [-0.2, 0) is 11.3 Å². The highest BCUT2D eigenvalue weighted by Gasteiger charge is 2.18. The van der Waals surface area contributed by atoms with Crippen LogP contribution in [0.1, 0.15) is 27.8 Å². The van der Waals surface area contributed by atoms with Crippen LogP contribution in [0.4, 0.5) is 0 Å². The third-order valence-electron chi connectivity index (χ3n) is 3.79. The number of aromatic nitrogens is 2. The Morgan fingerprint density at radius 3 is 2.42 bits per heavy atom. The Balaban J connectivity index is 1.95. The van der Waals surface area contributed by atoms with Gasteiger partial charge in [0.05, 0.1) is 12.3 Å². The quantitative estimate of drug-likeness (QED) is 0.481. The van der Waals surface area contributed by atoms with Crippen LogP contribution < -0.4 is 0 Å². The van der Waals surface area contributed by atoms with Crippen molar-refractivity contribution in [2.75, 3.05) is 6.61 Å². The van der Waals surface area contributed by atoms with Gasteiger partial charge in [0.2, 0.25) is 0 Å². The third-order valence-corrected chi connectivity index (χ3v) is 4.05. The van der Waals surface area contributed by atoms with E-state index in [-0.39, 0.29) is 24.6 Å². The van der Waals surface area contributed by atoms with Gasteiger partial charge in [-0.15, -0.1) is 0 Å². The van der Waals surface area contributed by atoms with Crippen molar-refractivity contribution < 1.29 is 14.3 Å². The average molecular weight is 369 g/mol. The van der Waals surface area contributed by atoms with Gasteiger partial charge in [-0.3, -0.25) is 9.48 Å². The third kappa shape index (κ3) is 4.00. The first-order chi connectivity index (χ1) is 12.6. The van der Waals surface area contributed by atoms with Crippen LogP contribution in [0.2, 0.25) is 5.02 Å². The summed E-state index contributed by atoms with van der Waals surface area (Å²) in [5, 5.41) is 4.85. The molecule has 0 fully saturated rings. The number of esters is 1. The molecule has 0 amide bonds. The molecule has 0 unspecified atom stereocenters. The molecule has 0 saturated carbocycles. The van der Waals surface area contributed by atoms with Crippen molar-refractivity contribution in [2.24, 2.45) is 0 Å². The standard InChI is InChI=1S/C20H17ClN2O3/c1-2-26-20(25)17-12-18(14-6-4-3-5-7-14)23(22-17)13-19(24)15-8-10-16(21)11-9-15/h3-12H,2,13H2,1H3. The molecule has 6 heteroatoms. The summed E-state index contributed by atoms with van der Waals surface area (Å²) < 4.78 is 6.55. The minimum atomic E-state index is -0.512. The van der Waals surface area contributed by atoms with Gasteiger partial charge in [0.1, 0.15) is 6.54 Å². The van der Waals surface area contributed by atoms with Gasteiger partial charge in [-0.25, -0.2) is 4.79 Å². The lowest BCUT2D eigenvalue weighted by atomic mass is 10.1. The van der Waals surface area contributed by atoms with Crippen LogP contribution in [0.3, 0.4) is 0 Å². The number of nitrogens with zero attached hydrogens (tertiary/aromatic N) is 2. The van der Waals surface area contributed by atoms with Gasteiger partial charge >= 0.3 is 5.97 Å². The van der Waals surface area contributed by atoms with Crippen molar-refractivity contribution in [2.45, 2.75) is 13.5 Å². The number of hydrogen-bond acceptors (Lipinski definition) is 4. The van der Waals surface area contributed by atoms with Crippen LogP contribution in [0, 0.1) is 0 Å². The molecule has 2 aromatic carbocycles. The van der Waals surface area contributed by atoms with E-state index in [1.54, 1.807) is 37.3 Å². The SMILES string of the molecule is CCOC(=O)c1cc(-c2ccccc2)n(CC(=O)c2ccc(Cl)cc2)n1. The maximum absolute atomic E-state index is 12.6. The average Bonchev–Trinajstić information content (AvgIpc) is 3.07. The van der Waals surface area contributed by atoms with E-state index in [0.29, 0.717) is 16.3 Å². The molecule has 3 rings (SSSR count). The van der Waals surface area contributed by atoms with Crippen molar-refractivity contribution in [3.8, 4) is 11.3 Å². The second-order valence-corrected chi connectivity index (χ2v) is 6.03. The van der Waals surface area contributed by atoms with Crippen molar-refractivity contribution in [1.82, 2.24) is 9.78 Å². The summed E-state index contributed by atoms with van der Waals surface area (Å²) in [5.74, 6) is -0.639. The molecule has 0 bridgehead atoms. The molecule has 5 nitrogen and oxygen atoms in total. The number of rotatable bonds is 6. The molecule has 0 spiro atoms. The smallest absolute Gasteiger partial charge is 0.358 e. The van der Waals surface area contributed by atoms with Crippen LogP contribution in [-0.4, -0.2) is 28.1 Å². The minimum Gasteiger partial charge on any atom is -0.461 e. The molecule has 0 aliphatic rings. The fourth-order valence-electron chi connectivity index (χ4n) is 2.55. The zero-order chi connectivity index (χ0) is 18.5. The first kappa shape index (κ1) is 17.9. The van der Waals surface area contributed by atoms with Crippen LogP contribution in [0.25, 0.3) is 11.3 Å². The number of ketones is 1. The van der Waals surface area contributed by atoms with Crippen molar-refractivity contribution in [1.29, 1.82) is 0 Å². The summed E-state index contributed by atoms with van der Waals surface area (Å²) in [7, 11) is 0. The maximum Gasteiger partial charge on any atom is 0.358 e. The summed E-state index contributed by atoms with van der Waals surface area (Å²) >= 11 is 5.87. The molecule has 0 saturated heterocycles. The van der Waals surface area contributed by atoms with E-state index in [1.807, 2.05) is 30.3 Å². The zero-order valence-electron chi connectivity index (χ0n) is 14.2. The number of halogens is 1. The van der Waals surface area contributed by atoms with Gasteiger partial charge < -0.3 is 4.74 Å². The highest BCUT2D eigenvalue weighted by Crippen LogP contribution is 2.21. The first-order valence-electron chi connectivity index (χ1n) is 8.17. The van der Waals surface area contributed by atoms with E-state index in [1.165, 1.54) is 4.68 Å². The number of hydrogen-bond donors (Lipinski definition) is 0. The van der Waals surface area contributed by atoms with Crippen LogP contribution in [0.5, 0.6) is 0 Å². The molecular formula is C20H17ClN2O3. The molecule has 0 N–H and O–H groups in total. The van der Waals surface area contributed by atoms with Crippen LogP contribution in [0.15, 0.2) is 60.7 Å². The van der Waals surface area contributed by atoms with Gasteiger partial charge in [0, 0.05) is 10.6 Å². The Hall–Kier alpha value is -2.92. The largest absolute Gasteiger partial charge is 0.461 e. The molecule has 0 radical (unpaired) electrons. The molecule has 3 aromatic rings. The molecule has 1 heterocycles. The lowest BCUT2D eigenvalue weighted by Gasteiger charge is -2.07. The van der Waals surface area contributed by atoms with Crippen molar-refractivity contribution >= 4 is 23.4 Å². The van der Waals surface area contributed by atoms with Crippen molar-refractivity contribution in [3.05, 3.63) is 76.9 Å². The summed E-state index contributed by atoms with van der Waals surface area (Å²) in [6, 6.07) is 17.8. The lowest BCUT2D eigenvalue weighted by Crippen LogP contribution is -2.14. The molecule has 0 aliphatic heterocycles. The van der Waals surface area contributed by atoms with Gasteiger partial charge in [0.15, 0.2) is 11.5 Å². The van der Waals surface area contributed by atoms with E-state index in [9.17, 15) is 9.59 Å². The summed E-state index contributed by atoms with van der Waals surface area (Å²) in [4.78, 5) is 24.6. The number of carbonyl (C=O) groups excluding carboxylic acids is 2. The van der Waals surface area contributed by atoms with Gasteiger partial charge in [-0.1, -0.05) is 41.9 Å². The molecule has 0 aliphatic carbocycles. The second-order valence-electron chi connectivity index (χ2n) is 5.59. The molecular weight excluding hydrogens is 352 g/mol. The van der Waals surface area contributed by atoms with E-state index in [4.69, 9.17) is 16.3 Å². The molecule has 26 heavy (non-hydrogen) atoms. The Labute approximate surface area is 156 Å². The monoisotopic (exact) mass is 368 g/mol. The first-order valence-corrected chi connectivity index (χ1v) is 8.55. The maximum atomic E-state index is 12.6. The number of Topliss-reactive ketones (excluding diaryl/α,β-unsaturated/α-hetero) is 1. The Morgan fingerprint density at radius 2 is 1.77 bits per heavy atom. The number of carbonyl (C=O) groups is 2. The van der Waals surface area contributed by atoms with E-state index < -0.39 is 5.97 Å². The molecule has 0 atom stereocenters.